The molecule has 4 N–H and O–H groups in total. The summed E-state index contributed by atoms with van der Waals surface area (Å²) >= 11 is 0. The molecule has 0 saturated heterocycles. The summed E-state index contributed by atoms with van der Waals surface area (Å²) in [5.74, 6) is 0.258. The average molecular weight is 447 g/mol. The van der Waals surface area contributed by atoms with Crippen LogP contribution in [0.1, 0.15) is 5.56 Å². The van der Waals surface area contributed by atoms with Crippen LogP contribution in [0.5, 0.6) is 0 Å². The van der Waals surface area contributed by atoms with E-state index in [9.17, 15) is 13.6 Å². The summed E-state index contributed by atoms with van der Waals surface area (Å²) in [4.78, 5) is 24.7. The van der Waals surface area contributed by atoms with Gasteiger partial charge in [0.05, 0.1) is 0 Å². The van der Waals surface area contributed by atoms with E-state index in [1.54, 1.807) is 36.5 Å². The van der Waals surface area contributed by atoms with E-state index in [0.29, 0.717) is 23.1 Å². The number of benzene rings is 2. The molecule has 4 aromatic rings. The molecule has 166 valence electrons. The van der Waals surface area contributed by atoms with Gasteiger partial charge in [0.15, 0.2) is 0 Å². The summed E-state index contributed by atoms with van der Waals surface area (Å²) in [6.45, 7) is 1.98. The fourth-order valence-electron chi connectivity index (χ4n) is 2.93. The molecule has 10 heteroatoms. The monoisotopic (exact) mass is 447 g/mol. The number of hydrogen-bond acceptors (Lipinski definition) is 6. The smallest absolute Gasteiger partial charge is 0.323 e. The number of carbonyl (C=O) groups is 1. The van der Waals surface area contributed by atoms with Gasteiger partial charge in [0, 0.05) is 35.4 Å². The van der Waals surface area contributed by atoms with Gasteiger partial charge in [-0.15, -0.1) is 0 Å². The number of amides is 2. The second kappa shape index (κ2) is 9.69. The molecule has 0 aliphatic carbocycles. The predicted molar refractivity (Wildman–Crippen MR) is 123 cm³/mol. The Bertz CT molecular complexity index is 1260. The molecule has 0 fully saturated rings. The number of hydrogen-bond donors (Lipinski definition) is 4. The number of pyridine rings is 1. The zero-order valence-corrected chi connectivity index (χ0v) is 17.4. The van der Waals surface area contributed by atoms with Crippen molar-refractivity contribution in [1.29, 1.82) is 0 Å². The Morgan fingerprint density at radius 2 is 1.30 bits per heavy atom. The van der Waals surface area contributed by atoms with Crippen molar-refractivity contribution in [2.75, 3.05) is 21.3 Å². The van der Waals surface area contributed by atoms with Crippen molar-refractivity contribution in [1.82, 2.24) is 15.0 Å². The summed E-state index contributed by atoms with van der Waals surface area (Å²) in [5.41, 5.74) is 2.31. The van der Waals surface area contributed by atoms with E-state index in [0.717, 1.165) is 29.4 Å². The number of nitrogens with one attached hydrogen (secondary N) is 4. The minimum Gasteiger partial charge on any atom is -0.340 e. The lowest BCUT2D eigenvalue weighted by Gasteiger charge is -2.10. The third-order valence-corrected chi connectivity index (χ3v) is 4.37. The number of halogens is 2. The molecule has 0 saturated carbocycles. The standard InChI is InChI=1S/C23H19F2N7O/c1-14-6-7-26-20(8-14)32-22-12-21(27-13-28-22)29-17-2-4-18(5-3-17)30-23(33)31-19-10-15(24)9-16(25)11-19/h2-13H,1H3,(H2,30,31,33)(H2,26,27,28,29,32). The van der Waals surface area contributed by atoms with Gasteiger partial charge in [-0.05, 0) is 61.0 Å². The van der Waals surface area contributed by atoms with E-state index in [2.05, 4.69) is 36.2 Å². The maximum absolute atomic E-state index is 13.2. The second-order valence-corrected chi connectivity index (χ2v) is 7.07. The fraction of sp³-hybridized carbons (Fsp3) is 0.0435. The molecule has 33 heavy (non-hydrogen) atoms. The first-order valence-corrected chi connectivity index (χ1v) is 9.86. The molecule has 0 atom stereocenters. The summed E-state index contributed by atoms with van der Waals surface area (Å²) in [5, 5.41) is 11.3. The number of anilines is 6. The maximum atomic E-state index is 13.2. The Hall–Kier alpha value is -4.60. The molecule has 0 bridgehead atoms. The van der Waals surface area contributed by atoms with Crippen molar-refractivity contribution < 1.29 is 13.6 Å². The Balaban J connectivity index is 1.36. The zero-order chi connectivity index (χ0) is 23.2. The predicted octanol–water partition coefficient (Wildman–Crippen LogP) is 5.59. The van der Waals surface area contributed by atoms with Gasteiger partial charge in [0.25, 0.3) is 0 Å². The summed E-state index contributed by atoms with van der Waals surface area (Å²) in [7, 11) is 0. The van der Waals surface area contributed by atoms with E-state index in [4.69, 9.17) is 0 Å². The van der Waals surface area contributed by atoms with Gasteiger partial charge in [-0.1, -0.05) is 0 Å². The first kappa shape index (κ1) is 21.6. The number of aromatic nitrogens is 3. The second-order valence-electron chi connectivity index (χ2n) is 7.07. The highest BCUT2D eigenvalue weighted by atomic mass is 19.1. The van der Waals surface area contributed by atoms with Crippen molar-refractivity contribution >= 4 is 40.5 Å². The normalized spacial score (nSPS) is 10.4. The Morgan fingerprint density at radius 3 is 2.00 bits per heavy atom. The van der Waals surface area contributed by atoms with Crippen LogP contribution in [-0.4, -0.2) is 21.0 Å². The number of rotatable bonds is 6. The molecule has 2 amide bonds. The van der Waals surface area contributed by atoms with Crippen LogP contribution in [0.3, 0.4) is 0 Å². The summed E-state index contributed by atoms with van der Waals surface area (Å²) in [6.07, 6.45) is 3.14. The topological polar surface area (TPSA) is 104 Å². The van der Waals surface area contributed by atoms with Gasteiger partial charge in [-0.2, -0.15) is 0 Å². The molecule has 2 aromatic carbocycles. The number of urea groups is 1. The van der Waals surface area contributed by atoms with Crippen LogP contribution in [0.2, 0.25) is 0 Å². The van der Waals surface area contributed by atoms with Crippen LogP contribution in [0.4, 0.5) is 48.1 Å². The van der Waals surface area contributed by atoms with Crippen LogP contribution in [0.25, 0.3) is 0 Å². The molecule has 2 aromatic heterocycles. The lowest BCUT2D eigenvalue weighted by Crippen LogP contribution is -2.19. The molecule has 8 nitrogen and oxygen atoms in total. The van der Waals surface area contributed by atoms with Crippen LogP contribution >= 0.6 is 0 Å². The lowest BCUT2D eigenvalue weighted by atomic mass is 10.2. The van der Waals surface area contributed by atoms with Crippen molar-refractivity contribution in [2.45, 2.75) is 6.92 Å². The summed E-state index contributed by atoms with van der Waals surface area (Å²) < 4.78 is 26.5. The molecule has 0 aliphatic rings. The molecule has 4 rings (SSSR count). The van der Waals surface area contributed by atoms with Crippen LogP contribution in [0.15, 0.2) is 73.2 Å². The molecule has 0 radical (unpaired) electrons. The Labute approximate surface area is 188 Å². The first-order chi connectivity index (χ1) is 15.9. The highest BCUT2D eigenvalue weighted by Gasteiger charge is 2.07. The minimum atomic E-state index is -0.779. The van der Waals surface area contributed by atoms with E-state index < -0.39 is 17.7 Å². The Morgan fingerprint density at radius 1 is 0.697 bits per heavy atom. The molecular formula is C23H19F2N7O. The van der Waals surface area contributed by atoms with Crippen molar-refractivity contribution in [3.8, 4) is 0 Å². The van der Waals surface area contributed by atoms with Gasteiger partial charge in [-0.25, -0.2) is 28.5 Å². The maximum Gasteiger partial charge on any atom is 0.323 e. The van der Waals surface area contributed by atoms with Crippen LogP contribution < -0.4 is 21.3 Å². The quantitative estimate of drug-likeness (QED) is 0.307. The van der Waals surface area contributed by atoms with Gasteiger partial charge in [-0.3, -0.25) is 0 Å². The lowest BCUT2D eigenvalue weighted by molar-refractivity contribution is 0.262. The van der Waals surface area contributed by atoms with Gasteiger partial charge >= 0.3 is 6.03 Å². The fourth-order valence-corrected chi connectivity index (χ4v) is 2.93. The number of nitrogens with zero attached hydrogens (tertiary/aromatic N) is 3. The highest BCUT2D eigenvalue weighted by Crippen LogP contribution is 2.21. The number of aryl methyl sites for hydroxylation is 1. The van der Waals surface area contributed by atoms with Gasteiger partial charge in [0.1, 0.15) is 35.4 Å². The van der Waals surface area contributed by atoms with Crippen molar-refractivity contribution in [3.05, 3.63) is 90.4 Å². The average Bonchev–Trinajstić information content (AvgIpc) is 2.75. The van der Waals surface area contributed by atoms with E-state index in [1.807, 2.05) is 19.1 Å². The van der Waals surface area contributed by atoms with E-state index in [1.165, 1.54) is 6.33 Å². The highest BCUT2D eigenvalue weighted by molar-refractivity contribution is 5.99. The van der Waals surface area contributed by atoms with Gasteiger partial charge in [0.2, 0.25) is 0 Å². The van der Waals surface area contributed by atoms with Crippen LogP contribution in [-0.2, 0) is 0 Å². The molecular weight excluding hydrogens is 428 g/mol. The largest absolute Gasteiger partial charge is 0.340 e. The third kappa shape index (κ3) is 6.20. The Kier molecular flexibility index (Phi) is 6.35. The van der Waals surface area contributed by atoms with Crippen molar-refractivity contribution in [2.24, 2.45) is 0 Å². The zero-order valence-electron chi connectivity index (χ0n) is 17.4. The van der Waals surface area contributed by atoms with Crippen molar-refractivity contribution in [3.63, 3.8) is 0 Å². The van der Waals surface area contributed by atoms with E-state index in [-0.39, 0.29) is 5.69 Å². The first-order valence-electron chi connectivity index (χ1n) is 9.86. The number of carbonyl (C=O) groups excluding carboxylic acids is 1. The van der Waals surface area contributed by atoms with Crippen LogP contribution in [0, 0.1) is 18.6 Å². The molecule has 0 spiro atoms. The van der Waals surface area contributed by atoms with E-state index >= 15 is 0 Å². The molecule has 2 heterocycles. The minimum absolute atomic E-state index is 0.0114. The van der Waals surface area contributed by atoms with Gasteiger partial charge < -0.3 is 21.3 Å². The molecule has 0 aliphatic heterocycles. The summed E-state index contributed by atoms with van der Waals surface area (Å²) in [6, 6.07) is 14.5. The third-order valence-electron chi connectivity index (χ3n) is 4.37. The molecule has 0 unspecified atom stereocenters. The SMILES string of the molecule is Cc1ccnc(Nc2cc(Nc3ccc(NC(=O)Nc4cc(F)cc(F)c4)cc3)ncn2)c1.